The lowest BCUT2D eigenvalue weighted by Crippen LogP contribution is -2.24. The molecular weight excluding hydrogens is 1570 g/mol. The lowest BCUT2D eigenvalue weighted by molar-refractivity contribution is 0.591. The zero-order valence-electron chi connectivity index (χ0n) is 68.6. The van der Waals surface area contributed by atoms with E-state index in [1.165, 1.54) is 0 Å². The molecule has 2 aromatic heterocycles. The Bertz CT molecular complexity index is 7370. The molecule has 19 aromatic carbocycles. The number of nitrogens with zero attached hydrogens (tertiary/aromatic N) is 6. The molecule has 596 valence electrons. The van der Waals surface area contributed by atoms with Gasteiger partial charge in [-0.25, -0.2) is 29.9 Å². The third-order valence-electron chi connectivity index (χ3n) is 23.3. The lowest BCUT2D eigenvalue weighted by atomic mass is 9.91. The average Bonchev–Trinajstić information content (AvgIpc) is 0.764. The molecule has 0 spiro atoms. The number of aromatic nitrogens is 6. The number of fused-ring (bicyclic) bond motifs is 2. The summed E-state index contributed by atoms with van der Waals surface area (Å²) in [5, 5.41) is 9.43. The SMILES string of the molecule is O=P(c1ccccc1)(c1ccccc1)c1ccc(-c2ccc(-c3cccc(-c4nc(-c5ccc(-c6ccccc6)cc5)nc(-c5ccc(-c6ccccc6)cc5)n4)c3)c3ccccc23)cc1.O=P(c1ccccc1)(c1ccccc1)c1ccc(-c2ccc(-c3cccc(-c4nc(-c5ccccc5)nc(-c5ccc(-c6ccccc6)cc5)n4)c3)c3ccccc23)cc1. The molecule has 0 amide bonds. The van der Waals surface area contributed by atoms with Gasteiger partial charge in [0, 0.05) is 65.2 Å². The van der Waals surface area contributed by atoms with Crippen molar-refractivity contribution in [3.05, 3.63) is 485 Å². The third kappa shape index (κ3) is 16.1. The summed E-state index contributed by atoms with van der Waals surface area (Å²) in [5.74, 6) is 3.66. The molecule has 8 nitrogen and oxygen atoms in total. The minimum Gasteiger partial charge on any atom is -0.309 e. The minimum absolute atomic E-state index is 0.598. The van der Waals surface area contributed by atoms with Crippen molar-refractivity contribution < 1.29 is 9.13 Å². The van der Waals surface area contributed by atoms with Crippen LogP contribution in [0.15, 0.2) is 485 Å². The van der Waals surface area contributed by atoms with E-state index in [1.807, 2.05) is 194 Å². The Morgan fingerprint density at radius 2 is 0.294 bits per heavy atom. The van der Waals surface area contributed by atoms with E-state index in [-0.39, 0.29) is 0 Å². The average molecular weight is 1650 g/mol. The van der Waals surface area contributed by atoms with E-state index in [2.05, 4.69) is 291 Å². The first-order valence-corrected chi connectivity index (χ1v) is 45.6. The second kappa shape index (κ2) is 35.3. The van der Waals surface area contributed by atoms with Crippen LogP contribution in [0.5, 0.6) is 0 Å². The molecule has 0 aliphatic carbocycles. The molecule has 0 aliphatic heterocycles. The lowest BCUT2D eigenvalue weighted by Gasteiger charge is -2.20. The summed E-state index contributed by atoms with van der Waals surface area (Å²) >= 11 is 0. The van der Waals surface area contributed by atoms with Gasteiger partial charge in [-0.05, 0) is 112 Å². The Morgan fingerprint density at radius 3 is 0.556 bits per heavy atom. The molecular formula is C116H80N6O2P2. The first kappa shape index (κ1) is 78.7. The maximum absolute atomic E-state index is 15.1. The molecule has 21 rings (SSSR count). The monoisotopic (exact) mass is 1650 g/mol. The maximum Gasteiger partial charge on any atom is 0.171 e. The van der Waals surface area contributed by atoms with Crippen molar-refractivity contribution in [2.75, 3.05) is 0 Å². The van der Waals surface area contributed by atoms with Gasteiger partial charge in [0.25, 0.3) is 0 Å². The van der Waals surface area contributed by atoms with Gasteiger partial charge >= 0.3 is 0 Å². The molecule has 0 radical (unpaired) electrons. The highest BCUT2D eigenvalue weighted by atomic mass is 31.2. The van der Waals surface area contributed by atoms with Crippen LogP contribution in [0.1, 0.15) is 0 Å². The van der Waals surface area contributed by atoms with Crippen LogP contribution in [0.2, 0.25) is 0 Å². The number of hydrogen-bond donors (Lipinski definition) is 0. The quantitative estimate of drug-likeness (QED) is 0.0736. The highest BCUT2D eigenvalue weighted by molar-refractivity contribution is 7.85. The fourth-order valence-electron chi connectivity index (χ4n) is 16.8. The Labute approximate surface area is 733 Å². The number of benzene rings is 19. The largest absolute Gasteiger partial charge is 0.309 e. The van der Waals surface area contributed by atoms with Crippen molar-refractivity contribution in [3.8, 4) is 146 Å². The Kier molecular flexibility index (Phi) is 22.1. The van der Waals surface area contributed by atoms with Crippen molar-refractivity contribution in [1.29, 1.82) is 0 Å². The Balaban J connectivity index is 0.000000160. The van der Waals surface area contributed by atoms with Crippen LogP contribution >= 0.6 is 14.3 Å². The van der Waals surface area contributed by atoms with E-state index in [0.717, 1.165) is 165 Å². The van der Waals surface area contributed by atoms with Crippen LogP contribution in [-0.2, 0) is 9.13 Å². The second-order valence-electron chi connectivity index (χ2n) is 31.0. The standard InChI is InChI=1S/C61H42N3OP.C55H38N3OP/c65-66(52-22-9-3-10-23-52,53-24-11-4-12-25-53)54-38-36-47(37-39-54)55-40-41-56(58-27-14-13-26-57(55)58)50-20-15-21-51(42-50)61-63-59(48-32-28-45(29-33-48)43-16-5-1-6-17-43)62-60(64-61)49-34-30-46(31-35-49)44-18-7-2-8-19-44;59-60(46-22-9-3-10-23-46,47-24-11-4-12-25-47)48-34-32-41(33-35-48)49-36-37-50(52-27-14-13-26-51(49)52)44-20-15-21-45(38-44)55-57-53(42-18-7-2-8-19-42)56-54(58-55)43-30-28-40(29-31-43)39-16-5-1-6-17-39/h1-42H;1-38H. The van der Waals surface area contributed by atoms with E-state index in [0.29, 0.717) is 34.9 Å². The van der Waals surface area contributed by atoms with Crippen molar-refractivity contribution in [2.45, 2.75) is 0 Å². The normalized spacial score (nSPS) is 11.4. The number of hydrogen-bond acceptors (Lipinski definition) is 8. The summed E-state index contributed by atoms with van der Waals surface area (Å²) in [5.41, 5.74) is 21.0. The molecule has 0 bridgehead atoms. The van der Waals surface area contributed by atoms with Gasteiger partial charge in [-0.15, -0.1) is 0 Å². The summed E-state index contributed by atoms with van der Waals surface area (Å²) < 4.78 is 30.1. The molecule has 0 N–H and O–H groups in total. The Hall–Kier alpha value is -15.8. The molecule has 0 saturated carbocycles. The molecule has 0 fully saturated rings. The van der Waals surface area contributed by atoms with E-state index < -0.39 is 14.3 Å². The highest BCUT2D eigenvalue weighted by Gasteiger charge is 2.32. The van der Waals surface area contributed by atoms with Crippen LogP contribution in [0.25, 0.3) is 168 Å². The fourth-order valence-corrected chi connectivity index (χ4v) is 22.1. The summed E-state index contributed by atoms with van der Waals surface area (Å²) in [4.78, 5) is 30.4. The van der Waals surface area contributed by atoms with Gasteiger partial charge in [-0.3, -0.25) is 0 Å². The van der Waals surface area contributed by atoms with Crippen molar-refractivity contribution in [1.82, 2.24) is 29.9 Å². The van der Waals surface area contributed by atoms with Crippen molar-refractivity contribution in [3.63, 3.8) is 0 Å². The van der Waals surface area contributed by atoms with Gasteiger partial charge in [-0.2, -0.15) is 0 Å². The zero-order chi connectivity index (χ0) is 84.6. The van der Waals surface area contributed by atoms with Gasteiger partial charge in [-0.1, -0.05) is 473 Å². The first-order valence-electron chi connectivity index (χ1n) is 42.2. The van der Waals surface area contributed by atoms with E-state index >= 15 is 9.13 Å². The van der Waals surface area contributed by atoms with Crippen LogP contribution < -0.4 is 31.8 Å². The smallest absolute Gasteiger partial charge is 0.171 e. The van der Waals surface area contributed by atoms with Gasteiger partial charge < -0.3 is 9.13 Å². The summed E-state index contributed by atoms with van der Waals surface area (Å²) in [6.45, 7) is 0. The van der Waals surface area contributed by atoms with Crippen LogP contribution in [0, 0.1) is 0 Å². The van der Waals surface area contributed by atoms with E-state index in [4.69, 9.17) is 29.9 Å². The molecule has 0 aliphatic rings. The van der Waals surface area contributed by atoms with E-state index in [1.54, 1.807) is 0 Å². The number of rotatable bonds is 19. The molecule has 0 atom stereocenters. The maximum atomic E-state index is 15.1. The predicted molar refractivity (Wildman–Crippen MR) is 524 cm³/mol. The Morgan fingerprint density at radius 1 is 0.127 bits per heavy atom. The van der Waals surface area contributed by atoms with Gasteiger partial charge in [0.1, 0.15) is 0 Å². The zero-order valence-corrected chi connectivity index (χ0v) is 70.4. The summed E-state index contributed by atoms with van der Waals surface area (Å²) in [6, 6.07) is 165. The predicted octanol–water partition coefficient (Wildman–Crippen LogP) is 27.0. The van der Waals surface area contributed by atoms with Gasteiger partial charge in [0.2, 0.25) is 0 Å². The second-order valence-corrected chi connectivity index (χ2v) is 36.6. The van der Waals surface area contributed by atoms with Gasteiger partial charge in [0.15, 0.2) is 49.2 Å². The molecule has 21 aromatic rings. The molecule has 0 unspecified atom stereocenters. The van der Waals surface area contributed by atoms with E-state index in [9.17, 15) is 0 Å². The fraction of sp³-hybridized carbons (Fsp3) is 0. The van der Waals surface area contributed by atoms with Crippen molar-refractivity contribution in [2.24, 2.45) is 0 Å². The molecule has 2 heterocycles. The first-order chi connectivity index (χ1) is 62.2. The van der Waals surface area contributed by atoms with Crippen LogP contribution in [0.3, 0.4) is 0 Å². The molecule has 10 heteroatoms. The third-order valence-corrected chi connectivity index (χ3v) is 29.5. The minimum atomic E-state index is -3.10. The molecule has 0 saturated heterocycles. The topological polar surface area (TPSA) is 111 Å². The van der Waals surface area contributed by atoms with Crippen LogP contribution in [0.4, 0.5) is 0 Å². The highest BCUT2D eigenvalue weighted by Crippen LogP contribution is 2.47. The molecule has 126 heavy (non-hydrogen) atoms. The summed E-state index contributed by atoms with van der Waals surface area (Å²) in [7, 11) is -6.18. The van der Waals surface area contributed by atoms with Gasteiger partial charge in [0.05, 0.1) is 0 Å². The summed E-state index contributed by atoms with van der Waals surface area (Å²) in [6.07, 6.45) is 0. The van der Waals surface area contributed by atoms with Crippen molar-refractivity contribution >= 4 is 67.7 Å². The van der Waals surface area contributed by atoms with Crippen LogP contribution in [-0.4, -0.2) is 29.9 Å².